The number of carbonyl (C=O) groups excluding carboxylic acids is 1. The van der Waals surface area contributed by atoms with Crippen LogP contribution in [0.15, 0.2) is 12.3 Å². The molecular weight excluding hydrogens is 328 g/mol. The van der Waals surface area contributed by atoms with Gasteiger partial charge in [-0.1, -0.05) is 13.8 Å². The molecule has 2 aliphatic rings. The number of amides is 1. The summed E-state index contributed by atoms with van der Waals surface area (Å²) >= 11 is 0. The third kappa shape index (κ3) is 3.35. The van der Waals surface area contributed by atoms with E-state index in [1.54, 1.807) is 0 Å². The molecule has 4 rings (SSSR count). The van der Waals surface area contributed by atoms with Gasteiger partial charge in [0.15, 0.2) is 0 Å². The maximum atomic E-state index is 12.8. The van der Waals surface area contributed by atoms with Crippen molar-refractivity contribution in [1.29, 1.82) is 0 Å². The van der Waals surface area contributed by atoms with Crippen molar-refractivity contribution in [3.63, 3.8) is 0 Å². The number of nitrogens with zero attached hydrogens (tertiary/aromatic N) is 4. The van der Waals surface area contributed by atoms with Crippen molar-refractivity contribution in [2.75, 3.05) is 19.6 Å². The van der Waals surface area contributed by atoms with Crippen LogP contribution in [0.4, 0.5) is 0 Å². The molecule has 138 valence electrons. The number of rotatable bonds is 3. The van der Waals surface area contributed by atoms with E-state index < -0.39 is 0 Å². The number of H-pyrrole nitrogens is 1. The molecule has 7 heteroatoms. The predicted molar refractivity (Wildman–Crippen MR) is 98.0 cm³/mol. The molecule has 0 aliphatic carbocycles. The molecule has 0 unspecified atom stereocenters. The third-order valence-electron chi connectivity index (χ3n) is 5.38. The molecule has 1 saturated heterocycles. The van der Waals surface area contributed by atoms with Gasteiger partial charge in [0.2, 0.25) is 0 Å². The summed E-state index contributed by atoms with van der Waals surface area (Å²) in [5, 5.41) is 10.5. The standard InChI is InChI=1S/C19H26N6O/c1-12(2)16-9-17(24-23-16)19(26)25-8-5-15-14(11-25)10-21-18(22-15)13-3-6-20-7-4-13/h9-10,12-13,20H,3-8,11H2,1-2H3,(H,23,24). The minimum absolute atomic E-state index is 0.0266. The fourth-order valence-electron chi connectivity index (χ4n) is 3.69. The quantitative estimate of drug-likeness (QED) is 0.880. The zero-order valence-electron chi connectivity index (χ0n) is 15.5. The van der Waals surface area contributed by atoms with Gasteiger partial charge in [0, 0.05) is 42.9 Å². The van der Waals surface area contributed by atoms with E-state index >= 15 is 0 Å². The molecule has 0 saturated carbocycles. The number of aromatic amines is 1. The van der Waals surface area contributed by atoms with E-state index in [2.05, 4.69) is 34.3 Å². The van der Waals surface area contributed by atoms with Gasteiger partial charge in [-0.25, -0.2) is 9.97 Å². The number of aromatic nitrogens is 4. The highest BCUT2D eigenvalue weighted by Gasteiger charge is 2.26. The lowest BCUT2D eigenvalue weighted by molar-refractivity contribution is 0.0727. The summed E-state index contributed by atoms with van der Waals surface area (Å²) in [6, 6.07) is 1.86. The number of piperidine rings is 1. The van der Waals surface area contributed by atoms with E-state index in [0.717, 1.165) is 55.1 Å². The normalized spacial score (nSPS) is 18.2. The van der Waals surface area contributed by atoms with Crippen molar-refractivity contribution in [3.8, 4) is 0 Å². The highest BCUT2D eigenvalue weighted by Crippen LogP contribution is 2.25. The third-order valence-corrected chi connectivity index (χ3v) is 5.38. The highest BCUT2D eigenvalue weighted by molar-refractivity contribution is 5.92. The van der Waals surface area contributed by atoms with Crippen LogP contribution in [0.5, 0.6) is 0 Å². The summed E-state index contributed by atoms with van der Waals surface area (Å²) in [5.74, 6) is 1.73. The van der Waals surface area contributed by atoms with Crippen LogP contribution in [0.25, 0.3) is 0 Å². The molecule has 0 radical (unpaired) electrons. The van der Waals surface area contributed by atoms with Crippen molar-refractivity contribution in [2.45, 2.75) is 51.5 Å². The number of hydrogen-bond acceptors (Lipinski definition) is 5. The van der Waals surface area contributed by atoms with E-state index in [-0.39, 0.29) is 5.91 Å². The number of carbonyl (C=O) groups is 1. The van der Waals surface area contributed by atoms with Gasteiger partial charge in [0.1, 0.15) is 11.5 Å². The van der Waals surface area contributed by atoms with Crippen LogP contribution in [-0.2, 0) is 13.0 Å². The minimum Gasteiger partial charge on any atom is -0.332 e. The second-order valence-corrected chi connectivity index (χ2v) is 7.56. The maximum absolute atomic E-state index is 12.8. The van der Waals surface area contributed by atoms with E-state index in [9.17, 15) is 4.79 Å². The van der Waals surface area contributed by atoms with E-state index in [1.165, 1.54) is 0 Å². The molecule has 2 aromatic heterocycles. The van der Waals surface area contributed by atoms with Crippen LogP contribution >= 0.6 is 0 Å². The Morgan fingerprint density at radius 3 is 2.85 bits per heavy atom. The van der Waals surface area contributed by atoms with Crippen molar-refractivity contribution >= 4 is 5.91 Å². The first kappa shape index (κ1) is 17.1. The number of hydrogen-bond donors (Lipinski definition) is 2. The number of nitrogens with one attached hydrogen (secondary N) is 2. The summed E-state index contributed by atoms with van der Waals surface area (Å²) in [7, 11) is 0. The summed E-state index contributed by atoms with van der Waals surface area (Å²) in [6.45, 7) is 7.47. The molecule has 0 atom stereocenters. The molecular formula is C19H26N6O. The van der Waals surface area contributed by atoms with Gasteiger partial charge in [-0.05, 0) is 37.9 Å². The molecule has 0 spiro atoms. The van der Waals surface area contributed by atoms with Gasteiger partial charge in [-0.15, -0.1) is 0 Å². The Bertz CT molecular complexity index is 793. The summed E-state index contributed by atoms with van der Waals surface area (Å²) in [4.78, 5) is 24.0. The van der Waals surface area contributed by atoms with Gasteiger partial charge in [-0.3, -0.25) is 9.89 Å². The number of fused-ring (bicyclic) bond motifs is 1. The lowest BCUT2D eigenvalue weighted by Gasteiger charge is -2.28. The molecule has 0 bridgehead atoms. The lowest BCUT2D eigenvalue weighted by atomic mass is 9.96. The molecule has 7 nitrogen and oxygen atoms in total. The monoisotopic (exact) mass is 354 g/mol. The molecule has 2 aliphatic heterocycles. The molecule has 2 aromatic rings. The Morgan fingerprint density at radius 1 is 1.31 bits per heavy atom. The Kier molecular flexibility index (Phi) is 4.72. The van der Waals surface area contributed by atoms with Crippen molar-refractivity contribution in [3.05, 3.63) is 40.7 Å². The van der Waals surface area contributed by atoms with Gasteiger partial charge >= 0.3 is 0 Å². The molecule has 1 amide bonds. The molecule has 26 heavy (non-hydrogen) atoms. The summed E-state index contributed by atoms with van der Waals surface area (Å²) < 4.78 is 0. The van der Waals surface area contributed by atoms with Crippen molar-refractivity contribution in [1.82, 2.24) is 30.4 Å². The molecule has 0 aromatic carbocycles. The van der Waals surface area contributed by atoms with Crippen molar-refractivity contribution in [2.24, 2.45) is 0 Å². The van der Waals surface area contributed by atoms with E-state index in [4.69, 9.17) is 4.98 Å². The zero-order chi connectivity index (χ0) is 18.1. The fraction of sp³-hybridized carbons (Fsp3) is 0.579. The lowest BCUT2D eigenvalue weighted by Crippen LogP contribution is -2.37. The summed E-state index contributed by atoms with van der Waals surface area (Å²) in [6.07, 6.45) is 4.90. The zero-order valence-corrected chi connectivity index (χ0v) is 15.5. The largest absolute Gasteiger partial charge is 0.332 e. The molecule has 2 N–H and O–H groups in total. The van der Waals surface area contributed by atoms with Crippen LogP contribution in [-0.4, -0.2) is 50.6 Å². The van der Waals surface area contributed by atoms with E-state index in [0.29, 0.717) is 30.6 Å². The smallest absolute Gasteiger partial charge is 0.274 e. The Labute approximate surface area is 153 Å². The van der Waals surface area contributed by atoms with Crippen LogP contribution in [0, 0.1) is 0 Å². The average molecular weight is 354 g/mol. The first-order valence-corrected chi connectivity index (χ1v) is 9.52. The summed E-state index contributed by atoms with van der Waals surface area (Å²) in [5.41, 5.74) is 3.63. The van der Waals surface area contributed by atoms with Gasteiger partial charge in [-0.2, -0.15) is 5.10 Å². The van der Waals surface area contributed by atoms with Crippen LogP contribution in [0.3, 0.4) is 0 Å². The van der Waals surface area contributed by atoms with Crippen LogP contribution in [0.1, 0.15) is 71.8 Å². The molecule has 1 fully saturated rings. The SMILES string of the molecule is CC(C)c1cc(C(=O)N2CCc3nc(C4CCNCC4)ncc3C2)n[nH]1. The average Bonchev–Trinajstić information content (AvgIpc) is 3.18. The topological polar surface area (TPSA) is 86.8 Å². The van der Waals surface area contributed by atoms with Crippen LogP contribution in [0.2, 0.25) is 0 Å². The van der Waals surface area contributed by atoms with Gasteiger partial charge in [0.25, 0.3) is 5.91 Å². The second-order valence-electron chi connectivity index (χ2n) is 7.56. The Hall–Kier alpha value is -2.28. The maximum Gasteiger partial charge on any atom is 0.274 e. The molecule has 4 heterocycles. The van der Waals surface area contributed by atoms with Crippen LogP contribution < -0.4 is 5.32 Å². The Balaban J connectivity index is 1.48. The second kappa shape index (κ2) is 7.15. The Morgan fingerprint density at radius 2 is 2.12 bits per heavy atom. The first-order valence-electron chi connectivity index (χ1n) is 9.52. The highest BCUT2D eigenvalue weighted by atomic mass is 16.2. The van der Waals surface area contributed by atoms with E-state index in [1.807, 2.05) is 17.2 Å². The minimum atomic E-state index is -0.0266. The fourth-order valence-corrected chi connectivity index (χ4v) is 3.69. The van der Waals surface area contributed by atoms with Gasteiger partial charge in [0.05, 0.1) is 5.69 Å². The first-order chi connectivity index (χ1) is 12.6. The predicted octanol–water partition coefficient (Wildman–Crippen LogP) is 1.99. The van der Waals surface area contributed by atoms with Gasteiger partial charge < -0.3 is 10.2 Å². The van der Waals surface area contributed by atoms with Crippen molar-refractivity contribution < 1.29 is 4.79 Å².